The maximum atomic E-state index is 9.70. The second kappa shape index (κ2) is 4.60. The van der Waals surface area contributed by atoms with Gasteiger partial charge in [-0.05, 0) is 52.2 Å². The molecule has 1 aliphatic heterocycles. The van der Waals surface area contributed by atoms with E-state index in [1.807, 2.05) is 0 Å². The number of nitrogens with one attached hydrogen (secondary N) is 1. The normalized spacial score (nSPS) is 36.4. The summed E-state index contributed by atoms with van der Waals surface area (Å²) in [7, 11) is 2.18. The van der Waals surface area contributed by atoms with Crippen molar-refractivity contribution in [3.05, 3.63) is 0 Å². The molecule has 1 heterocycles. The van der Waals surface area contributed by atoms with E-state index in [0.29, 0.717) is 12.1 Å². The van der Waals surface area contributed by atoms with Crippen molar-refractivity contribution in [3.8, 4) is 0 Å². The van der Waals surface area contributed by atoms with Gasteiger partial charge < -0.3 is 15.3 Å². The van der Waals surface area contributed by atoms with E-state index in [1.54, 1.807) is 0 Å². The minimum absolute atomic E-state index is 0.0883. The summed E-state index contributed by atoms with van der Waals surface area (Å²) in [5.41, 5.74) is 0. The van der Waals surface area contributed by atoms with Crippen LogP contribution >= 0.6 is 0 Å². The van der Waals surface area contributed by atoms with Crippen LogP contribution < -0.4 is 5.32 Å². The molecule has 0 amide bonds. The molecule has 82 valence electrons. The number of rotatable bonds is 2. The standard InChI is InChI=1S/C11H22N2O/c1-13-7-5-9(6-8-13)12-10-3-2-4-11(10)14/h9-12,14H,2-8H2,1H3/t10-,11-/m0/s1. The van der Waals surface area contributed by atoms with Crippen molar-refractivity contribution < 1.29 is 5.11 Å². The third-order valence-electron chi connectivity index (χ3n) is 3.65. The molecule has 0 aromatic heterocycles. The van der Waals surface area contributed by atoms with Crippen LogP contribution in [0.15, 0.2) is 0 Å². The fourth-order valence-electron chi connectivity index (χ4n) is 2.61. The Morgan fingerprint density at radius 1 is 1.14 bits per heavy atom. The predicted molar refractivity (Wildman–Crippen MR) is 57.3 cm³/mol. The van der Waals surface area contributed by atoms with Gasteiger partial charge in [-0.1, -0.05) is 0 Å². The summed E-state index contributed by atoms with van der Waals surface area (Å²) in [6, 6.07) is 1.02. The van der Waals surface area contributed by atoms with E-state index in [4.69, 9.17) is 0 Å². The van der Waals surface area contributed by atoms with Crippen molar-refractivity contribution in [1.29, 1.82) is 0 Å². The van der Waals surface area contributed by atoms with Crippen LogP contribution in [0.2, 0.25) is 0 Å². The number of aliphatic hydroxyl groups excluding tert-OH is 1. The molecule has 2 N–H and O–H groups in total. The second-order valence-electron chi connectivity index (χ2n) is 4.85. The lowest BCUT2D eigenvalue weighted by Crippen LogP contribution is -2.47. The van der Waals surface area contributed by atoms with Crippen LogP contribution in [0.5, 0.6) is 0 Å². The van der Waals surface area contributed by atoms with Crippen LogP contribution in [-0.2, 0) is 0 Å². The highest BCUT2D eigenvalue weighted by molar-refractivity contribution is 4.87. The third kappa shape index (κ3) is 2.47. The minimum atomic E-state index is -0.0883. The first-order valence-corrected chi connectivity index (χ1v) is 5.88. The number of nitrogens with zero attached hydrogens (tertiary/aromatic N) is 1. The van der Waals surface area contributed by atoms with Crippen LogP contribution in [0.25, 0.3) is 0 Å². The molecule has 1 saturated carbocycles. The average molecular weight is 198 g/mol. The van der Waals surface area contributed by atoms with E-state index in [1.165, 1.54) is 32.4 Å². The molecule has 0 aromatic carbocycles. The zero-order valence-electron chi connectivity index (χ0n) is 9.08. The molecule has 3 nitrogen and oxygen atoms in total. The number of hydrogen-bond donors (Lipinski definition) is 2. The van der Waals surface area contributed by atoms with Crippen molar-refractivity contribution in [2.24, 2.45) is 0 Å². The van der Waals surface area contributed by atoms with Crippen LogP contribution in [-0.4, -0.2) is 48.3 Å². The number of likely N-dealkylation sites (tertiary alicyclic amines) is 1. The minimum Gasteiger partial charge on any atom is -0.392 e. The van der Waals surface area contributed by atoms with Gasteiger partial charge in [-0.2, -0.15) is 0 Å². The first-order valence-electron chi connectivity index (χ1n) is 5.88. The van der Waals surface area contributed by atoms with E-state index < -0.39 is 0 Å². The summed E-state index contributed by atoms with van der Waals surface area (Å²) >= 11 is 0. The molecular formula is C11H22N2O. The fraction of sp³-hybridized carbons (Fsp3) is 1.00. The van der Waals surface area contributed by atoms with Gasteiger partial charge in [-0.15, -0.1) is 0 Å². The van der Waals surface area contributed by atoms with Gasteiger partial charge in [0.25, 0.3) is 0 Å². The maximum Gasteiger partial charge on any atom is 0.0693 e. The van der Waals surface area contributed by atoms with Crippen molar-refractivity contribution in [3.63, 3.8) is 0 Å². The number of piperidine rings is 1. The van der Waals surface area contributed by atoms with Gasteiger partial charge >= 0.3 is 0 Å². The first-order chi connectivity index (χ1) is 6.75. The first kappa shape index (κ1) is 10.4. The zero-order valence-corrected chi connectivity index (χ0v) is 9.08. The van der Waals surface area contributed by atoms with Crippen molar-refractivity contribution in [2.45, 2.75) is 50.3 Å². The highest BCUT2D eigenvalue weighted by atomic mass is 16.3. The number of aliphatic hydroxyl groups is 1. The Morgan fingerprint density at radius 3 is 2.43 bits per heavy atom. The Kier molecular flexibility index (Phi) is 3.42. The van der Waals surface area contributed by atoms with Gasteiger partial charge in [0.15, 0.2) is 0 Å². The van der Waals surface area contributed by atoms with Crippen molar-refractivity contribution in [2.75, 3.05) is 20.1 Å². The highest BCUT2D eigenvalue weighted by Crippen LogP contribution is 2.21. The summed E-state index contributed by atoms with van der Waals surface area (Å²) in [5, 5.41) is 13.3. The third-order valence-corrected chi connectivity index (χ3v) is 3.65. The average Bonchev–Trinajstić information content (AvgIpc) is 2.56. The van der Waals surface area contributed by atoms with E-state index in [2.05, 4.69) is 17.3 Å². The molecule has 2 atom stereocenters. The molecule has 0 bridgehead atoms. The zero-order chi connectivity index (χ0) is 9.97. The second-order valence-corrected chi connectivity index (χ2v) is 4.85. The summed E-state index contributed by atoms with van der Waals surface area (Å²) in [4.78, 5) is 2.38. The molecule has 2 aliphatic rings. The van der Waals surface area contributed by atoms with Crippen LogP contribution in [0.4, 0.5) is 0 Å². The van der Waals surface area contributed by atoms with Crippen LogP contribution in [0.1, 0.15) is 32.1 Å². The topological polar surface area (TPSA) is 35.5 Å². The van der Waals surface area contributed by atoms with E-state index in [9.17, 15) is 5.11 Å². The quantitative estimate of drug-likeness (QED) is 0.681. The summed E-state index contributed by atoms with van der Waals surface area (Å²) < 4.78 is 0. The van der Waals surface area contributed by atoms with E-state index in [0.717, 1.165) is 12.8 Å². The molecular weight excluding hydrogens is 176 g/mol. The van der Waals surface area contributed by atoms with E-state index >= 15 is 0 Å². The SMILES string of the molecule is CN1CCC(N[C@H]2CCC[C@@H]2O)CC1. The fourth-order valence-corrected chi connectivity index (χ4v) is 2.61. The Bertz CT molecular complexity index is 178. The van der Waals surface area contributed by atoms with Gasteiger partial charge in [0.05, 0.1) is 6.10 Å². The smallest absolute Gasteiger partial charge is 0.0693 e. The van der Waals surface area contributed by atoms with Crippen molar-refractivity contribution >= 4 is 0 Å². The van der Waals surface area contributed by atoms with Gasteiger partial charge in [0.2, 0.25) is 0 Å². The Labute approximate surface area is 86.5 Å². The molecule has 0 unspecified atom stereocenters. The molecule has 2 fully saturated rings. The summed E-state index contributed by atoms with van der Waals surface area (Å²) in [6.07, 6.45) is 5.72. The lowest BCUT2D eigenvalue weighted by atomic mass is 10.0. The number of hydrogen-bond acceptors (Lipinski definition) is 3. The highest BCUT2D eigenvalue weighted by Gasteiger charge is 2.28. The summed E-state index contributed by atoms with van der Waals surface area (Å²) in [6.45, 7) is 2.39. The molecule has 1 aliphatic carbocycles. The predicted octanol–water partition coefficient (Wildman–Crippen LogP) is 0.584. The Balaban J connectivity index is 1.74. The molecule has 0 aromatic rings. The molecule has 0 spiro atoms. The van der Waals surface area contributed by atoms with Crippen molar-refractivity contribution in [1.82, 2.24) is 10.2 Å². The molecule has 3 heteroatoms. The lowest BCUT2D eigenvalue weighted by molar-refractivity contribution is 0.131. The van der Waals surface area contributed by atoms with Gasteiger partial charge in [-0.3, -0.25) is 0 Å². The Morgan fingerprint density at radius 2 is 1.86 bits per heavy atom. The summed E-state index contributed by atoms with van der Waals surface area (Å²) in [5.74, 6) is 0. The van der Waals surface area contributed by atoms with Gasteiger partial charge in [-0.25, -0.2) is 0 Å². The maximum absolute atomic E-state index is 9.70. The van der Waals surface area contributed by atoms with Crippen LogP contribution in [0, 0.1) is 0 Å². The largest absolute Gasteiger partial charge is 0.392 e. The van der Waals surface area contributed by atoms with Gasteiger partial charge in [0, 0.05) is 12.1 Å². The Hall–Kier alpha value is -0.120. The van der Waals surface area contributed by atoms with E-state index in [-0.39, 0.29) is 6.10 Å². The lowest BCUT2D eigenvalue weighted by Gasteiger charge is -2.32. The molecule has 14 heavy (non-hydrogen) atoms. The monoisotopic (exact) mass is 198 g/mol. The molecule has 0 radical (unpaired) electrons. The van der Waals surface area contributed by atoms with Gasteiger partial charge in [0.1, 0.15) is 0 Å². The van der Waals surface area contributed by atoms with Crippen LogP contribution in [0.3, 0.4) is 0 Å². The molecule has 2 rings (SSSR count). The molecule has 1 saturated heterocycles.